The van der Waals surface area contributed by atoms with Gasteiger partial charge in [0.15, 0.2) is 5.65 Å². The third-order valence-corrected chi connectivity index (χ3v) is 5.67. The molecule has 158 valence electrons. The maximum Gasteiger partial charge on any atom is 0.150 e. The summed E-state index contributed by atoms with van der Waals surface area (Å²) in [6.07, 6.45) is 3.76. The van der Waals surface area contributed by atoms with Crippen molar-refractivity contribution in [3.8, 4) is 22.6 Å². The van der Waals surface area contributed by atoms with Crippen molar-refractivity contribution in [3.05, 3.63) is 103 Å². The summed E-state index contributed by atoms with van der Waals surface area (Å²) in [6, 6.07) is 28.8. The van der Waals surface area contributed by atoms with Gasteiger partial charge >= 0.3 is 0 Å². The SMILES string of the molecule is COc1ccc(-n2cc(-c3ccccc3)c3c(N[C@@H](C)c4ccccc4)ncnc32)cc1. The number of fused-ring (bicyclic) bond motifs is 1. The highest BCUT2D eigenvalue weighted by atomic mass is 16.5. The molecular weight excluding hydrogens is 396 g/mol. The number of aromatic nitrogens is 3. The first kappa shape index (κ1) is 19.8. The highest BCUT2D eigenvalue weighted by Gasteiger charge is 2.18. The zero-order chi connectivity index (χ0) is 21.9. The van der Waals surface area contributed by atoms with Crippen molar-refractivity contribution in [2.75, 3.05) is 12.4 Å². The molecule has 1 atom stereocenters. The molecular formula is C27H24N4O. The van der Waals surface area contributed by atoms with Crippen molar-refractivity contribution in [2.45, 2.75) is 13.0 Å². The van der Waals surface area contributed by atoms with Gasteiger partial charge < -0.3 is 14.6 Å². The molecule has 0 fully saturated rings. The molecule has 0 aliphatic heterocycles. The van der Waals surface area contributed by atoms with Gasteiger partial charge in [-0.3, -0.25) is 0 Å². The molecule has 0 spiro atoms. The molecule has 0 aliphatic carbocycles. The second-order valence-electron chi connectivity index (χ2n) is 7.67. The highest BCUT2D eigenvalue weighted by Crippen LogP contribution is 2.36. The van der Waals surface area contributed by atoms with Gasteiger partial charge in [-0.15, -0.1) is 0 Å². The zero-order valence-corrected chi connectivity index (χ0v) is 18.1. The molecule has 3 aromatic carbocycles. The lowest BCUT2D eigenvalue weighted by Gasteiger charge is -2.16. The fourth-order valence-corrected chi connectivity index (χ4v) is 3.98. The van der Waals surface area contributed by atoms with Gasteiger partial charge in [-0.1, -0.05) is 60.7 Å². The summed E-state index contributed by atoms with van der Waals surface area (Å²) in [5, 5.41) is 4.61. The molecule has 0 aliphatic rings. The summed E-state index contributed by atoms with van der Waals surface area (Å²) < 4.78 is 7.44. The largest absolute Gasteiger partial charge is 0.497 e. The zero-order valence-electron chi connectivity index (χ0n) is 18.1. The molecule has 0 bridgehead atoms. The molecule has 32 heavy (non-hydrogen) atoms. The van der Waals surface area contributed by atoms with Gasteiger partial charge in [0, 0.05) is 23.5 Å². The van der Waals surface area contributed by atoms with E-state index in [-0.39, 0.29) is 6.04 Å². The number of ether oxygens (including phenoxy) is 1. The number of anilines is 1. The molecule has 0 saturated heterocycles. The molecule has 0 unspecified atom stereocenters. The highest BCUT2D eigenvalue weighted by molar-refractivity contribution is 6.02. The Kier molecular flexibility index (Phi) is 5.30. The first-order valence-corrected chi connectivity index (χ1v) is 10.6. The fourth-order valence-electron chi connectivity index (χ4n) is 3.98. The maximum atomic E-state index is 5.33. The Bertz CT molecular complexity index is 1330. The quantitative estimate of drug-likeness (QED) is 0.352. The summed E-state index contributed by atoms with van der Waals surface area (Å²) in [4.78, 5) is 9.30. The van der Waals surface area contributed by atoms with Gasteiger partial charge in [0.05, 0.1) is 12.5 Å². The van der Waals surface area contributed by atoms with Gasteiger partial charge in [-0.05, 0) is 42.3 Å². The molecule has 2 aromatic heterocycles. The third-order valence-electron chi connectivity index (χ3n) is 5.67. The normalized spacial score (nSPS) is 11.9. The topological polar surface area (TPSA) is 52.0 Å². The number of hydrogen-bond acceptors (Lipinski definition) is 4. The van der Waals surface area contributed by atoms with Crippen LogP contribution in [0.15, 0.2) is 97.5 Å². The van der Waals surface area contributed by atoms with Crippen LogP contribution >= 0.6 is 0 Å². The van der Waals surface area contributed by atoms with Crippen molar-refractivity contribution in [1.82, 2.24) is 14.5 Å². The first-order valence-electron chi connectivity index (χ1n) is 10.6. The Morgan fingerprint density at radius 3 is 2.22 bits per heavy atom. The second-order valence-corrected chi connectivity index (χ2v) is 7.67. The predicted octanol–water partition coefficient (Wildman–Crippen LogP) is 6.27. The maximum absolute atomic E-state index is 5.33. The van der Waals surface area contributed by atoms with Crippen molar-refractivity contribution >= 4 is 16.9 Å². The van der Waals surface area contributed by atoms with Crippen LogP contribution in [0.2, 0.25) is 0 Å². The first-order chi connectivity index (χ1) is 15.7. The van der Waals surface area contributed by atoms with Crippen LogP contribution < -0.4 is 10.1 Å². The lowest BCUT2D eigenvalue weighted by Crippen LogP contribution is -2.08. The average molecular weight is 421 g/mol. The smallest absolute Gasteiger partial charge is 0.150 e. The van der Waals surface area contributed by atoms with Crippen LogP contribution in [0, 0.1) is 0 Å². The molecule has 5 heteroatoms. The Morgan fingerprint density at radius 1 is 0.844 bits per heavy atom. The minimum Gasteiger partial charge on any atom is -0.497 e. The van der Waals surface area contributed by atoms with Crippen molar-refractivity contribution in [3.63, 3.8) is 0 Å². The van der Waals surface area contributed by atoms with Gasteiger partial charge in [0.2, 0.25) is 0 Å². The van der Waals surface area contributed by atoms with E-state index in [2.05, 4.69) is 81.5 Å². The van der Waals surface area contributed by atoms with E-state index < -0.39 is 0 Å². The summed E-state index contributed by atoms with van der Waals surface area (Å²) in [5.74, 6) is 1.64. The number of benzene rings is 3. The number of rotatable bonds is 6. The average Bonchev–Trinajstić information content (AvgIpc) is 3.26. The standard InChI is InChI=1S/C27H24N4O/c1-19(20-9-5-3-6-10-20)30-26-25-24(21-11-7-4-8-12-21)17-31(27(25)29-18-28-26)22-13-15-23(32-2)16-14-22/h3-19H,1-2H3,(H,28,29,30)/t19-/m0/s1. The Labute approximate surface area is 187 Å². The fraction of sp³-hybridized carbons (Fsp3) is 0.111. The molecule has 2 heterocycles. The summed E-state index contributed by atoms with van der Waals surface area (Å²) in [5.41, 5.74) is 5.27. The Balaban J connectivity index is 1.67. The molecule has 0 amide bonds. The van der Waals surface area contributed by atoms with Crippen LogP contribution in [-0.4, -0.2) is 21.6 Å². The molecule has 5 nitrogen and oxygen atoms in total. The number of methoxy groups -OCH3 is 1. The summed E-state index contributed by atoms with van der Waals surface area (Å²) in [6.45, 7) is 2.14. The van der Waals surface area contributed by atoms with Crippen LogP contribution in [0.1, 0.15) is 18.5 Å². The Hall–Kier alpha value is -4.12. The number of nitrogens with one attached hydrogen (secondary N) is 1. The molecule has 1 N–H and O–H groups in total. The van der Waals surface area contributed by atoms with E-state index in [1.165, 1.54) is 5.56 Å². The third kappa shape index (κ3) is 3.69. The van der Waals surface area contributed by atoms with E-state index in [0.29, 0.717) is 0 Å². The van der Waals surface area contributed by atoms with E-state index in [0.717, 1.165) is 39.4 Å². The number of hydrogen-bond donors (Lipinski definition) is 1. The van der Waals surface area contributed by atoms with Crippen LogP contribution in [-0.2, 0) is 0 Å². The summed E-state index contributed by atoms with van der Waals surface area (Å²) in [7, 11) is 1.67. The summed E-state index contributed by atoms with van der Waals surface area (Å²) >= 11 is 0. The van der Waals surface area contributed by atoms with E-state index in [4.69, 9.17) is 4.74 Å². The minimum absolute atomic E-state index is 0.0993. The van der Waals surface area contributed by atoms with Crippen LogP contribution in [0.3, 0.4) is 0 Å². The van der Waals surface area contributed by atoms with Crippen molar-refractivity contribution in [2.24, 2.45) is 0 Å². The second kappa shape index (κ2) is 8.55. The van der Waals surface area contributed by atoms with Crippen LogP contribution in [0.4, 0.5) is 5.82 Å². The van der Waals surface area contributed by atoms with E-state index in [9.17, 15) is 0 Å². The molecule has 5 rings (SSSR count). The van der Waals surface area contributed by atoms with E-state index in [1.54, 1.807) is 13.4 Å². The number of nitrogens with zero attached hydrogens (tertiary/aromatic N) is 3. The predicted molar refractivity (Wildman–Crippen MR) is 129 cm³/mol. The van der Waals surface area contributed by atoms with Gasteiger partial charge in [0.1, 0.15) is 17.9 Å². The lowest BCUT2D eigenvalue weighted by atomic mass is 10.1. The van der Waals surface area contributed by atoms with Crippen molar-refractivity contribution < 1.29 is 4.74 Å². The monoisotopic (exact) mass is 420 g/mol. The lowest BCUT2D eigenvalue weighted by molar-refractivity contribution is 0.415. The van der Waals surface area contributed by atoms with Gasteiger partial charge in [-0.25, -0.2) is 9.97 Å². The van der Waals surface area contributed by atoms with Crippen LogP contribution in [0.25, 0.3) is 27.8 Å². The van der Waals surface area contributed by atoms with Gasteiger partial charge in [0.25, 0.3) is 0 Å². The van der Waals surface area contributed by atoms with E-state index in [1.807, 2.05) is 36.4 Å². The van der Waals surface area contributed by atoms with Crippen molar-refractivity contribution in [1.29, 1.82) is 0 Å². The minimum atomic E-state index is 0.0993. The Morgan fingerprint density at radius 2 is 1.53 bits per heavy atom. The van der Waals surface area contributed by atoms with Gasteiger partial charge in [-0.2, -0.15) is 0 Å². The molecule has 0 saturated carbocycles. The van der Waals surface area contributed by atoms with E-state index >= 15 is 0 Å². The van der Waals surface area contributed by atoms with Crippen LogP contribution in [0.5, 0.6) is 5.75 Å². The molecule has 5 aromatic rings. The molecule has 0 radical (unpaired) electrons.